The number of likely N-dealkylation sites (tertiary alicyclic amines) is 1. The predicted molar refractivity (Wildman–Crippen MR) is 105 cm³/mol. The third kappa shape index (κ3) is 3.59. The maximum atomic E-state index is 13.5. The molecule has 2 aromatic rings. The fourth-order valence-corrected chi connectivity index (χ4v) is 4.16. The van der Waals surface area contributed by atoms with Gasteiger partial charge in [-0.3, -0.25) is 4.79 Å². The zero-order chi connectivity index (χ0) is 19.3. The highest BCUT2D eigenvalue weighted by molar-refractivity contribution is 6.06. The first-order valence-corrected chi connectivity index (χ1v) is 10.1. The third-order valence-corrected chi connectivity index (χ3v) is 5.72. The van der Waals surface area contributed by atoms with Crippen molar-refractivity contribution in [3.63, 3.8) is 0 Å². The molecule has 1 saturated heterocycles. The standard InChI is InChI=1S/C21H30N4O2/c1-12-7-13(10-22)11-25(12)20(26)15-8-16(14-5-6-14)23-19-18(15)17(24-27-19)9-21(2,3)4/h8,12-14H,5-7,9-11,22H2,1-4H3. The minimum Gasteiger partial charge on any atom is -0.336 e. The topological polar surface area (TPSA) is 85.2 Å². The highest BCUT2D eigenvalue weighted by Gasteiger charge is 2.35. The molecule has 2 atom stereocenters. The average Bonchev–Trinajstić information content (AvgIpc) is 3.29. The third-order valence-electron chi connectivity index (χ3n) is 5.72. The number of carbonyl (C=O) groups is 1. The number of rotatable bonds is 4. The number of hydrogen-bond donors (Lipinski definition) is 1. The smallest absolute Gasteiger partial charge is 0.259 e. The molecular weight excluding hydrogens is 340 g/mol. The van der Waals surface area contributed by atoms with E-state index in [1.807, 2.05) is 11.0 Å². The van der Waals surface area contributed by atoms with Gasteiger partial charge in [0, 0.05) is 24.2 Å². The van der Waals surface area contributed by atoms with Crippen LogP contribution in [0.5, 0.6) is 0 Å². The molecule has 6 nitrogen and oxygen atoms in total. The molecule has 146 valence electrons. The van der Waals surface area contributed by atoms with E-state index in [1.165, 1.54) is 0 Å². The molecule has 0 bridgehead atoms. The summed E-state index contributed by atoms with van der Waals surface area (Å²) < 4.78 is 5.58. The molecule has 0 spiro atoms. The summed E-state index contributed by atoms with van der Waals surface area (Å²) in [6.45, 7) is 9.94. The summed E-state index contributed by atoms with van der Waals surface area (Å²) in [4.78, 5) is 20.2. The molecule has 2 aliphatic rings. The second kappa shape index (κ2) is 6.59. The molecule has 2 aromatic heterocycles. The minimum absolute atomic E-state index is 0.0465. The summed E-state index contributed by atoms with van der Waals surface area (Å²) in [7, 11) is 0. The van der Waals surface area contributed by atoms with E-state index in [1.54, 1.807) is 0 Å². The lowest BCUT2D eigenvalue weighted by Gasteiger charge is -2.22. The van der Waals surface area contributed by atoms with Crippen molar-refractivity contribution in [1.82, 2.24) is 15.0 Å². The first-order valence-electron chi connectivity index (χ1n) is 10.1. The number of nitrogens with two attached hydrogens (primary N) is 1. The number of amides is 1. The van der Waals surface area contributed by atoms with Gasteiger partial charge in [-0.05, 0) is 56.6 Å². The van der Waals surface area contributed by atoms with Crippen molar-refractivity contribution in [2.24, 2.45) is 17.1 Å². The Morgan fingerprint density at radius 1 is 1.37 bits per heavy atom. The quantitative estimate of drug-likeness (QED) is 0.890. The molecule has 4 rings (SSSR count). The number of hydrogen-bond acceptors (Lipinski definition) is 5. The summed E-state index contributed by atoms with van der Waals surface area (Å²) in [5.74, 6) is 0.886. The zero-order valence-electron chi connectivity index (χ0n) is 16.8. The Bertz CT molecular complexity index is 863. The first-order chi connectivity index (χ1) is 12.8. The molecule has 0 radical (unpaired) electrons. The van der Waals surface area contributed by atoms with Crippen LogP contribution in [0.4, 0.5) is 0 Å². The van der Waals surface area contributed by atoms with Crippen molar-refractivity contribution in [3.8, 4) is 0 Å². The van der Waals surface area contributed by atoms with Gasteiger partial charge in [0.1, 0.15) is 0 Å². The lowest BCUT2D eigenvalue weighted by Crippen LogP contribution is -2.34. The summed E-state index contributed by atoms with van der Waals surface area (Å²) in [5, 5.41) is 5.09. The SMILES string of the molecule is CC1CC(CN)CN1C(=O)c1cc(C2CC2)nc2onc(CC(C)(C)C)c12. The second-order valence-electron chi connectivity index (χ2n) is 9.56. The Morgan fingerprint density at radius 2 is 2.11 bits per heavy atom. The molecule has 6 heteroatoms. The van der Waals surface area contributed by atoms with Crippen LogP contribution in [0.1, 0.15) is 74.6 Å². The van der Waals surface area contributed by atoms with Crippen LogP contribution >= 0.6 is 0 Å². The molecular formula is C21H30N4O2. The van der Waals surface area contributed by atoms with Crippen LogP contribution in [0, 0.1) is 11.3 Å². The molecule has 2 fully saturated rings. The lowest BCUT2D eigenvalue weighted by molar-refractivity contribution is 0.0745. The van der Waals surface area contributed by atoms with Gasteiger partial charge in [0.25, 0.3) is 11.6 Å². The van der Waals surface area contributed by atoms with E-state index in [4.69, 9.17) is 10.3 Å². The van der Waals surface area contributed by atoms with E-state index in [-0.39, 0.29) is 17.4 Å². The molecule has 1 saturated carbocycles. The van der Waals surface area contributed by atoms with E-state index < -0.39 is 0 Å². The van der Waals surface area contributed by atoms with Crippen molar-refractivity contribution in [3.05, 3.63) is 23.0 Å². The first kappa shape index (κ1) is 18.4. The molecule has 1 amide bonds. The van der Waals surface area contributed by atoms with Crippen molar-refractivity contribution < 1.29 is 9.32 Å². The Morgan fingerprint density at radius 3 is 2.70 bits per heavy atom. The van der Waals surface area contributed by atoms with Crippen LogP contribution in [0.3, 0.4) is 0 Å². The molecule has 0 aromatic carbocycles. The number of nitrogens with zero attached hydrogens (tertiary/aromatic N) is 3. The summed E-state index contributed by atoms with van der Waals surface area (Å²) >= 11 is 0. The second-order valence-corrected chi connectivity index (χ2v) is 9.56. The van der Waals surface area contributed by atoms with Gasteiger partial charge >= 0.3 is 0 Å². The summed E-state index contributed by atoms with van der Waals surface area (Å²) in [6.07, 6.45) is 3.96. The van der Waals surface area contributed by atoms with Crippen LogP contribution < -0.4 is 5.73 Å². The zero-order valence-corrected chi connectivity index (χ0v) is 16.8. The predicted octanol–water partition coefficient (Wildman–Crippen LogP) is 3.50. The van der Waals surface area contributed by atoms with E-state index in [2.05, 4.69) is 37.8 Å². The van der Waals surface area contributed by atoms with E-state index >= 15 is 0 Å². The summed E-state index contributed by atoms with van der Waals surface area (Å²) in [6, 6.07) is 2.19. The number of carbonyl (C=O) groups excluding carboxylic acids is 1. The fourth-order valence-electron chi connectivity index (χ4n) is 4.16. The van der Waals surface area contributed by atoms with Gasteiger partial charge in [-0.1, -0.05) is 25.9 Å². The number of aromatic nitrogens is 2. The molecule has 3 heterocycles. The Balaban J connectivity index is 1.79. The molecule has 1 aliphatic carbocycles. The number of pyridine rings is 1. The maximum absolute atomic E-state index is 13.5. The van der Waals surface area contributed by atoms with E-state index in [0.29, 0.717) is 29.7 Å². The molecule has 1 aliphatic heterocycles. The Labute approximate surface area is 160 Å². The maximum Gasteiger partial charge on any atom is 0.259 e. The fraction of sp³-hybridized carbons (Fsp3) is 0.667. The van der Waals surface area contributed by atoms with Crippen LogP contribution in [0.15, 0.2) is 10.6 Å². The van der Waals surface area contributed by atoms with Crippen LogP contribution in [0.25, 0.3) is 11.1 Å². The van der Waals surface area contributed by atoms with Crippen molar-refractivity contribution in [2.45, 2.75) is 65.3 Å². The normalized spacial score (nSPS) is 23.4. The highest BCUT2D eigenvalue weighted by Crippen LogP contribution is 2.41. The van der Waals surface area contributed by atoms with E-state index in [9.17, 15) is 4.79 Å². The van der Waals surface area contributed by atoms with Gasteiger partial charge in [0.15, 0.2) is 0 Å². The van der Waals surface area contributed by atoms with Gasteiger partial charge in [-0.25, -0.2) is 4.98 Å². The van der Waals surface area contributed by atoms with Crippen molar-refractivity contribution in [1.29, 1.82) is 0 Å². The highest BCUT2D eigenvalue weighted by atomic mass is 16.5. The summed E-state index contributed by atoms with van der Waals surface area (Å²) in [5.41, 5.74) is 8.91. The van der Waals surface area contributed by atoms with Gasteiger partial charge in [0.05, 0.1) is 16.6 Å². The van der Waals surface area contributed by atoms with Crippen LogP contribution in [-0.4, -0.2) is 40.1 Å². The monoisotopic (exact) mass is 370 g/mol. The Hall–Kier alpha value is -1.95. The number of fused-ring (bicyclic) bond motifs is 1. The average molecular weight is 370 g/mol. The Kier molecular flexibility index (Phi) is 4.49. The van der Waals surface area contributed by atoms with Crippen molar-refractivity contribution in [2.75, 3.05) is 13.1 Å². The van der Waals surface area contributed by atoms with Crippen LogP contribution in [-0.2, 0) is 6.42 Å². The minimum atomic E-state index is 0.0465. The van der Waals surface area contributed by atoms with Gasteiger partial charge in [0.2, 0.25) is 0 Å². The van der Waals surface area contributed by atoms with E-state index in [0.717, 1.165) is 49.0 Å². The molecule has 2 N–H and O–H groups in total. The molecule has 27 heavy (non-hydrogen) atoms. The van der Waals surface area contributed by atoms with Gasteiger partial charge in [-0.2, -0.15) is 0 Å². The lowest BCUT2D eigenvalue weighted by atomic mass is 9.89. The van der Waals surface area contributed by atoms with Gasteiger partial charge < -0.3 is 15.2 Å². The van der Waals surface area contributed by atoms with Crippen LogP contribution in [0.2, 0.25) is 0 Å². The largest absolute Gasteiger partial charge is 0.336 e. The molecule has 2 unspecified atom stereocenters. The van der Waals surface area contributed by atoms with Crippen molar-refractivity contribution >= 4 is 17.0 Å². The van der Waals surface area contributed by atoms with Gasteiger partial charge in [-0.15, -0.1) is 0 Å².